The van der Waals surface area contributed by atoms with Gasteiger partial charge in [-0.3, -0.25) is 9.59 Å². The van der Waals surface area contributed by atoms with Crippen molar-refractivity contribution in [1.82, 2.24) is 15.2 Å². The summed E-state index contributed by atoms with van der Waals surface area (Å²) < 4.78 is 1.97. The molecule has 7 heteroatoms. The SMILES string of the molecule is Cn1cc(CC(=O)N[C@@H](Cc2ccccc2)C(=O)N[C@@H](Cc2ccccc2)C(=O)O)c2ccccc21. The third-order valence-electron chi connectivity index (χ3n) is 6.16. The summed E-state index contributed by atoms with van der Waals surface area (Å²) in [7, 11) is 1.92. The maximum Gasteiger partial charge on any atom is 0.326 e. The molecule has 3 aromatic carbocycles. The summed E-state index contributed by atoms with van der Waals surface area (Å²) in [6, 6.07) is 24.2. The number of rotatable bonds is 10. The summed E-state index contributed by atoms with van der Waals surface area (Å²) >= 11 is 0. The van der Waals surface area contributed by atoms with Gasteiger partial charge in [0, 0.05) is 37.0 Å². The van der Waals surface area contributed by atoms with E-state index in [0.717, 1.165) is 27.6 Å². The molecule has 0 saturated carbocycles. The zero-order valence-electron chi connectivity index (χ0n) is 20.1. The normalized spacial score (nSPS) is 12.6. The number of fused-ring (bicyclic) bond motifs is 1. The Hall–Kier alpha value is -4.39. The summed E-state index contributed by atoms with van der Waals surface area (Å²) in [6.07, 6.45) is 2.40. The Morgan fingerprint density at radius 3 is 1.94 bits per heavy atom. The molecule has 36 heavy (non-hydrogen) atoms. The van der Waals surface area contributed by atoms with Crippen LogP contribution in [-0.2, 0) is 40.7 Å². The number of nitrogens with zero attached hydrogens (tertiary/aromatic N) is 1. The molecule has 0 aliphatic carbocycles. The highest BCUT2D eigenvalue weighted by Crippen LogP contribution is 2.20. The van der Waals surface area contributed by atoms with Gasteiger partial charge in [0.1, 0.15) is 12.1 Å². The van der Waals surface area contributed by atoms with E-state index in [0.29, 0.717) is 0 Å². The number of aromatic nitrogens is 1. The van der Waals surface area contributed by atoms with E-state index in [-0.39, 0.29) is 25.2 Å². The molecule has 0 saturated heterocycles. The molecule has 1 aromatic heterocycles. The van der Waals surface area contributed by atoms with Crippen LogP contribution in [0.25, 0.3) is 10.9 Å². The first kappa shape index (κ1) is 24.7. The molecule has 2 atom stereocenters. The zero-order valence-corrected chi connectivity index (χ0v) is 20.1. The Labute approximate surface area is 209 Å². The highest BCUT2D eigenvalue weighted by molar-refractivity contribution is 5.93. The summed E-state index contributed by atoms with van der Waals surface area (Å²) in [5.74, 6) is -1.97. The van der Waals surface area contributed by atoms with Gasteiger partial charge in [0.05, 0.1) is 6.42 Å². The van der Waals surface area contributed by atoms with Crippen molar-refractivity contribution in [3.63, 3.8) is 0 Å². The Balaban J connectivity index is 1.51. The first-order valence-electron chi connectivity index (χ1n) is 11.8. The van der Waals surface area contributed by atoms with Crippen molar-refractivity contribution in [2.24, 2.45) is 7.05 Å². The maximum atomic E-state index is 13.3. The van der Waals surface area contributed by atoms with E-state index < -0.39 is 24.0 Å². The third kappa shape index (κ3) is 6.18. The standard InChI is InChI=1S/C29H29N3O4/c1-32-19-22(23-14-8-9-15-26(23)32)18-27(33)30-24(16-20-10-4-2-5-11-20)28(34)31-25(29(35)36)17-21-12-6-3-7-13-21/h2-15,19,24-25H,16-18H2,1H3,(H,30,33)(H,31,34)(H,35,36)/t24-,25-/m0/s1. The monoisotopic (exact) mass is 483 g/mol. The van der Waals surface area contributed by atoms with Gasteiger partial charge in [0.15, 0.2) is 0 Å². The summed E-state index contributed by atoms with van der Waals surface area (Å²) in [5, 5.41) is 16.2. The van der Waals surface area contributed by atoms with Crippen LogP contribution in [0.15, 0.2) is 91.1 Å². The summed E-state index contributed by atoms with van der Waals surface area (Å²) in [4.78, 5) is 38.2. The van der Waals surface area contributed by atoms with Crippen LogP contribution in [0.2, 0.25) is 0 Å². The lowest BCUT2D eigenvalue weighted by atomic mass is 10.0. The minimum Gasteiger partial charge on any atom is -0.480 e. The Bertz CT molecular complexity index is 1350. The molecule has 0 radical (unpaired) electrons. The van der Waals surface area contributed by atoms with Crippen molar-refractivity contribution in [2.75, 3.05) is 0 Å². The number of carboxylic acid groups (broad SMARTS) is 1. The van der Waals surface area contributed by atoms with Crippen LogP contribution in [0.1, 0.15) is 16.7 Å². The fourth-order valence-electron chi connectivity index (χ4n) is 4.37. The van der Waals surface area contributed by atoms with Crippen LogP contribution >= 0.6 is 0 Å². The number of carboxylic acids is 1. The van der Waals surface area contributed by atoms with Gasteiger partial charge in [-0.1, -0.05) is 78.9 Å². The van der Waals surface area contributed by atoms with Gasteiger partial charge in [-0.25, -0.2) is 4.79 Å². The van der Waals surface area contributed by atoms with E-state index in [2.05, 4.69) is 10.6 Å². The highest BCUT2D eigenvalue weighted by Gasteiger charge is 2.27. The number of carbonyl (C=O) groups is 3. The van der Waals surface area contributed by atoms with E-state index >= 15 is 0 Å². The molecule has 0 bridgehead atoms. The average molecular weight is 484 g/mol. The number of nitrogens with one attached hydrogen (secondary N) is 2. The zero-order chi connectivity index (χ0) is 25.5. The van der Waals surface area contributed by atoms with Crippen LogP contribution in [-0.4, -0.2) is 39.5 Å². The molecule has 1 heterocycles. The van der Waals surface area contributed by atoms with Gasteiger partial charge in [0.2, 0.25) is 11.8 Å². The van der Waals surface area contributed by atoms with Crippen LogP contribution in [0.3, 0.4) is 0 Å². The third-order valence-corrected chi connectivity index (χ3v) is 6.16. The van der Waals surface area contributed by atoms with Crippen LogP contribution in [0, 0.1) is 0 Å². The van der Waals surface area contributed by atoms with Gasteiger partial charge >= 0.3 is 5.97 Å². The predicted octanol–water partition coefficient (Wildman–Crippen LogP) is 3.26. The van der Waals surface area contributed by atoms with E-state index in [1.54, 1.807) is 0 Å². The van der Waals surface area contributed by atoms with E-state index in [1.165, 1.54) is 0 Å². The van der Waals surface area contributed by atoms with Gasteiger partial charge in [-0.05, 0) is 22.8 Å². The summed E-state index contributed by atoms with van der Waals surface area (Å²) in [5.41, 5.74) is 3.53. The average Bonchev–Trinajstić information content (AvgIpc) is 3.19. The number of para-hydroxylation sites is 1. The molecule has 3 N–H and O–H groups in total. The van der Waals surface area contributed by atoms with Crippen LogP contribution in [0.5, 0.6) is 0 Å². The lowest BCUT2D eigenvalue weighted by molar-refractivity contribution is -0.142. The van der Waals surface area contributed by atoms with E-state index in [1.807, 2.05) is 103 Å². The Morgan fingerprint density at radius 2 is 1.33 bits per heavy atom. The van der Waals surface area contributed by atoms with Crippen molar-refractivity contribution in [2.45, 2.75) is 31.3 Å². The molecular formula is C29H29N3O4. The number of hydrogen-bond donors (Lipinski definition) is 3. The molecule has 0 spiro atoms. The van der Waals surface area contributed by atoms with E-state index in [4.69, 9.17) is 0 Å². The van der Waals surface area contributed by atoms with Crippen molar-refractivity contribution in [3.8, 4) is 0 Å². The number of carbonyl (C=O) groups excluding carboxylic acids is 2. The second-order valence-corrected chi connectivity index (χ2v) is 8.86. The number of benzene rings is 3. The predicted molar refractivity (Wildman–Crippen MR) is 138 cm³/mol. The molecule has 4 rings (SSSR count). The smallest absolute Gasteiger partial charge is 0.326 e. The topological polar surface area (TPSA) is 100 Å². The second-order valence-electron chi connectivity index (χ2n) is 8.86. The largest absolute Gasteiger partial charge is 0.480 e. The maximum absolute atomic E-state index is 13.3. The Morgan fingerprint density at radius 1 is 0.778 bits per heavy atom. The number of hydrogen-bond acceptors (Lipinski definition) is 3. The highest BCUT2D eigenvalue weighted by atomic mass is 16.4. The first-order valence-corrected chi connectivity index (χ1v) is 11.8. The molecule has 0 aliphatic rings. The molecule has 0 fully saturated rings. The number of aryl methyl sites for hydroxylation is 1. The van der Waals surface area contributed by atoms with Gasteiger partial charge in [0.25, 0.3) is 0 Å². The van der Waals surface area contributed by atoms with Crippen LogP contribution in [0.4, 0.5) is 0 Å². The molecule has 7 nitrogen and oxygen atoms in total. The molecule has 184 valence electrons. The summed E-state index contributed by atoms with van der Waals surface area (Å²) in [6.45, 7) is 0. The van der Waals surface area contributed by atoms with Crippen molar-refractivity contribution < 1.29 is 19.5 Å². The number of aliphatic carboxylic acids is 1. The second kappa shape index (κ2) is 11.4. The van der Waals surface area contributed by atoms with Gasteiger partial charge in [-0.2, -0.15) is 0 Å². The fourth-order valence-corrected chi connectivity index (χ4v) is 4.37. The van der Waals surface area contributed by atoms with Crippen molar-refractivity contribution in [3.05, 3.63) is 108 Å². The molecule has 0 unspecified atom stereocenters. The lowest BCUT2D eigenvalue weighted by Crippen LogP contribution is -2.53. The number of amides is 2. The van der Waals surface area contributed by atoms with Crippen molar-refractivity contribution in [1.29, 1.82) is 0 Å². The molecular weight excluding hydrogens is 454 g/mol. The fraction of sp³-hybridized carbons (Fsp3) is 0.207. The van der Waals surface area contributed by atoms with Gasteiger partial charge in [-0.15, -0.1) is 0 Å². The molecule has 4 aromatic rings. The van der Waals surface area contributed by atoms with E-state index in [9.17, 15) is 19.5 Å². The Kier molecular flexibility index (Phi) is 7.80. The molecule has 0 aliphatic heterocycles. The van der Waals surface area contributed by atoms with Crippen molar-refractivity contribution >= 4 is 28.7 Å². The van der Waals surface area contributed by atoms with Crippen LogP contribution < -0.4 is 10.6 Å². The minimum atomic E-state index is -1.13. The van der Waals surface area contributed by atoms with Gasteiger partial charge < -0.3 is 20.3 Å². The molecule has 2 amide bonds. The first-order chi connectivity index (χ1) is 17.4. The lowest BCUT2D eigenvalue weighted by Gasteiger charge is -2.22. The minimum absolute atomic E-state index is 0.103. The quantitative estimate of drug-likeness (QED) is 0.322.